The van der Waals surface area contributed by atoms with Gasteiger partial charge in [-0.2, -0.15) is 0 Å². The molecule has 8 nitrogen and oxygen atoms in total. The molecule has 4 rings (SSSR count). The quantitative estimate of drug-likeness (QED) is 0.358. The van der Waals surface area contributed by atoms with Crippen LogP contribution in [-0.4, -0.2) is 42.0 Å². The zero-order valence-corrected chi connectivity index (χ0v) is 19.1. The molecule has 2 heterocycles. The van der Waals surface area contributed by atoms with Crippen molar-refractivity contribution in [2.45, 2.75) is 33.0 Å². The van der Waals surface area contributed by atoms with Crippen molar-refractivity contribution in [1.82, 2.24) is 30.1 Å². The van der Waals surface area contributed by atoms with Crippen molar-refractivity contribution in [2.24, 2.45) is 0 Å². The summed E-state index contributed by atoms with van der Waals surface area (Å²) in [5.41, 5.74) is 2.37. The Kier molecular flexibility index (Phi) is 6.95. The molecule has 0 unspecified atom stereocenters. The lowest BCUT2D eigenvalue weighted by Crippen LogP contribution is -2.35. The van der Waals surface area contributed by atoms with Crippen LogP contribution in [0.3, 0.4) is 0 Å². The third-order valence-corrected chi connectivity index (χ3v) is 5.25. The van der Waals surface area contributed by atoms with Crippen LogP contribution in [0, 0.1) is 0 Å². The van der Waals surface area contributed by atoms with Gasteiger partial charge in [0.25, 0.3) is 0 Å². The number of hydrogen-bond donors (Lipinski definition) is 0. The van der Waals surface area contributed by atoms with E-state index in [0.29, 0.717) is 34.6 Å². The van der Waals surface area contributed by atoms with Gasteiger partial charge >= 0.3 is 0 Å². The second kappa shape index (κ2) is 10.2. The standard InChI is InChI=1S/C24H23ClN6O2/c1-17(2)31(16-22-27-28-24(33-22)20-10-6-7-11-21(20)25)23(32)13-12-19-15-30(29-26-19)14-18-8-4-3-5-9-18/h3-13,15,17H,14,16H2,1-2H3/b13-12+. The van der Waals surface area contributed by atoms with Gasteiger partial charge in [0.05, 0.1) is 29.9 Å². The normalized spacial score (nSPS) is 11.4. The maximum absolute atomic E-state index is 12.9. The third kappa shape index (κ3) is 5.72. The first kappa shape index (κ1) is 22.4. The minimum absolute atomic E-state index is 0.0772. The van der Waals surface area contributed by atoms with E-state index in [-0.39, 0.29) is 18.5 Å². The molecule has 4 aromatic rings. The first-order valence-corrected chi connectivity index (χ1v) is 10.9. The van der Waals surface area contributed by atoms with E-state index in [2.05, 4.69) is 20.5 Å². The van der Waals surface area contributed by atoms with Crippen molar-refractivity contribution in [3.05, 3.63) is 89.0 Å². The monoisotopic (exact) mass is 462 g/mol. The van der Waals surface area contributed by atoms with Crippen LogP contribution in [0.1, 0.15) is 31.0 Å². The molecule has 0 N–H and O–H groups in total. The molecule has 9 heteroatoms. The summed E-state index contributed by atoms with van der Waals surface area (Å²) in [7, 11) is 0. The van der Waals surface area contributed by atoms with Crippen LogP contribution in [0.25, 0.3) is 17.5 Å². The molecular weight excluding hydrogens is 440 g/mol. The van der Waals surface area contributed by atoms with E-state index < -0.39 is 0 Å². The van der Waals surface area contributed by atoms with Gasteiger partial charge < -0.3 is 9.32 Å². The van der Waals surface area contributed by atoms with Crippen LogP contribution in [-0.2, 0) is 17.9 Å². The fourth-order valence-corrected chi connectivity index (χ4v) is 3.43. The highest BCUT2D eigenvalue weighted by molar-refractivity contribution is 6.33. The van der Waals surface area contributed by atoms with Crippen LogP contribution in [0.4, 0.5) is 0 Å². The highest BCUT2D eigenvalue weighted by atomic mass is 35.5. The zero-order valence-electron chi connectivity index (χ0n) is 18.3. The number of carbonyl (C=O) groups is 1. The van der Waals surface area contributed by atoms with Gasteiger partial charge in [-0.15, -0.1) is 15.3 Å². The Labute approximate surface area is 196 Å². The molecule has 0 aliphatic rings. The Morgan fingerprint density at radius 1 is 1.09 bits per heavy atom. The van der Waals surface area contributed by atoms with E-state index in [1.165, 1.54) is 6.08 Å². The minimum Gasteiger partial charge on any atom is -0.419 e. The Balaban J connectivity index is 1.42. The average molecular weight is 463 g/mol. The predicted molar refractivity (Wildman–Crippen MR) is 125 cm³/mol. The van der Waals surface area contributed by atoms with Gasteiger partial charge in [-0.25, -0.2) is 4.68 Å². The van der Waals surface area contributed by atoms with Gasteiger partial charge in [0, 0.05) is 12.1 Å². The number of benzene rings is 2. The SMILES string of the molecule is CC(C)N(Cc1nnc(-c2ccccc2Cl)o1)C(=O)/C=C/c1cn(Cc2ccccc2)nn1. The van der Waals surface area contributed by atoms with E-state index >= 15 is 0 Å². The summed E-state index contributed by atoms with van der Waals surface area (Å²) in [5, 5.41) is 16.9. The maximum atomic E-state index is 12.9. The number of aromatic nitrogens is 5. The third-order valence-electron chi connectivity index (χ3n) is 4.92. The maximum Gasteiger partial charge on any atom is 0.249 e. The molecule has 0 aliphatic heterocycles. The van der Waals surface area contributed by atoms with Crippen molar-refractivity contribution in [1.29, 1.82) is 0 Å². The van der Waals surface area contributed by atoms with E-state index in [0.717, 1.165) is 5.56 Å². The molecule has 0 aliphatic carbocycles. The molecule has 168 valence electrons. The van der Waals surface area contributed by atoms with Crippen LogP contribution in [0.15, 0.2) is 71.3 Å². The fraction of sp³-hybridized carbons (Fsp3) is 0.208. The summed E-state index contributed by atoms with van der Waals surface area (Å²) in [4.78, 5) is 14.5. The summed E-state index contributed by atoms with van der Waals surface area (Å²) in [6.45, 7) is 4.64. The number of carbonyl (C=O) groups excluding carboxylic acids is 1. The number of hydrogen-bond acceptors (Lipinski definition) is 6. The average Bonchev–Trinajstić information content (AvgIpc) is 3.46. The Bertz CT molecular complexity index is 1250. The Hall–Kier alpha value is -3.78. The Morgan fingerprint density at radius 3 is 2.61 bits per heavy atom. The number of amides is 1. The molecule has 0 bridgehead atoms. The van der Waals surface area contributed by atoms with Gasteiger partial charge in [-0.1, -0.05) is 59.3 Å². The first-order chi connectivity index (χ1) is 16.0. The largest absolute Gasteiger partial charge is 0.419 e. The van der Waals surface area contributed by atoms with Gasteiger partial charge in [-0.3, -0.25) is 4.79 Å². The highest BCUT2D eigenvalue weighted by Crippen LogP contribution is 2.26. The summed E-state index contributed by atoms with van der Waals surface area (Å²) in [6, 6.07) is 17.1. The summed E-state index contributed by atoms with van der Waals surface area (Å²) in [5.74, 6) is 0.451. The van der Waals surface area contributed by atoms with Crippen molar-refractivity contribution in [3.8, 4) is 11.5 Å². The molecule has 0 spiro atoms. The first-order valence-electron chi connectivity index (χ1n) is 10.5. The molecule has 2 aromatic heterocycles. The second-order valence-electron chi connectivity index (χ2n) is 7.70. The molecule has 0 saturated carbocycles. The van der Waals surface area contributed by atoms with Crippen LogP contribution < -0.4 is 0 Å². The number of nitrogens with zero attached hydrogens (tertiary/aromatic N) is 6. The van der Waals surface area contributed by atoms with E-state index in [1.54, 1.807) is 34.0 Å². The van der Waals surface area contributed by atoms with Crippen LogP contribution in [0.5, 0.6) is 0 Å². The molecule has 0 atom stereocenters. The lowest BCUT2D eigenvalue weighted by atomic mass is 10.2. The smallest absolute Gasteiger partial charge is 0.249 e. The molecule has 0 fully saturated rings. The highest BCUT2D eigenvalue weighted by Gasteiger charge is 2.19. The molecule has 0 radical (unpaired) electrons. The van der Waals surface area contributed by atoms with Crippen LogP contribution in [0.2, 0.25) is 5.02 Å². The summed E-state index contributed by atoms with van der Waals surface area (Å²) < 4.78 is 7.48. The molecule has 2 aromatic carbocycles. The van der Waals surface area contributed by atoms with Gasteiger partial charge in [0.1, 0.15) is 5.69 Å². The van der Waals surface area contributed by atoms with E-state index in [4.69, 9.17) is 16.0 Å². The lowest BCUT2D eigenvalue weighted by Gasteiger charge is -2.23. The lowest BCUT2D eigenvalue weighted by molar-refractivity contribution is -0.128. The van der Waals surface area contributed by atoms with Crippen molar-refractivity contribution in [2.75, 3.05) is 0 Å². The number of rotatable bonds is 8. The van der Waals surface area contributed by atoms with E-state index in [9.17, 15) is 4.79 Å². The number of halogens is 1. The topological polar surface area (TPSA) is 89.9 Å². The Morgan fingerprint density at radius 2 is 1.85 bits per heavy atom. The van der Waals surface area contributed by atoms with Crippen molar-refractivity contribution < 1.29 is 9.21 Å². The second-order valence-corrected chi connectivity index (χ2v) is 8.11. The molecule has 33 heavy (non-hydrogen) atoms. The van der Waals surface area contributed by atoms with E-state index in [1.807, 2.05) is 56.3 Å². The minimum atomic E-state index is -0.194. The van der Waals surface area contributed by atoms with Gasteiger partial charge in [0.2, 0.25) is 17.7 Å². The van der Waals surface area contributed by atoms with Gasteiger partial charge in [0.15, 0.2) is 0 Å². The summed E-state index contributed by atoms with van der Waals surface area (Å²) in [6.07, 6.45) is 4.92. The van der Waals surface area contributed by atoms with Gasteiger partial charge in [-0.05, 0) is 37.6 Å². The molecule has 1 amide bonds. The zero-order chi connectivity index (χ0) is 23.2. The molecular formula is C24H23ClN6O2. The van der Waals surface area contributed by atoms with Crippen molar-refractivity contribution >= 4 is 23.6 Å². The predicted octanol–water partition coefficient (Wildman–Crippen LogP) is 4.48. The molecule has 0 saturated heterocycles. The fourth-order valence-electron chi connectivity index (χ4n) is 3.21. The van der Waals surface area contributed by atoms with Crippen molar-refractivity contribution in [3.63, 3.8) is 0 Å². The van der Waals surface area contributed by atoms with Crippen LogP contribution >= 0.6 is 11.6 Å². The summed E-state index contributed by atoms with van der Waals surface area (Å²) >= 11 is 6.21.